The number of rotatable bonds is 3. The van der Waals surface area contributed by atoms with Gasteiger partial charge >= 0.3 is 0 Å². The number of ether oxygens (including phenoxy) is 1. The molecule has 1 aromatic carbocycles. The Kier molecular flexibility index (Phi) is 6.28. The van der Waals surface area contributed by atoms with E-state index in [1.165, 1.54) is 12.1 Å². The van der Waals surface area contributed by atoms with Crippen molar-refractivity contribution >= 4 is 34.2 Å². The van der Waals surface area contributed by atoms with Crippen molar-refractivity contribution in [3.8, 4) is 0 Å². The molecule has 8 nitrogen and oxygen atoms in total. The molecule has 0 aromatic heterocycles. The van der Waals surface area contributed by atoms with Gasteiger partial charge in [0.05, 0.1) is 18.2 Å². The van der Waals surface area contributed by atoms with Gasteiger partial charge in [0.2, 0.25) is 0 Å². The topological polar surface area (TPSA) is 96.0 Å². The fraction of sp³-hybridized carbons (Fsp3) is 0.556. The van der Waals surface area contributed by atoms with E-state index >= 15 is 0 Å². The van der Waals surface area contributed by atoms with Crippen molar-refractivity contribution in [2.45, 2.75) is 30.3 Å². The zero-order chi connectivity index (χ0) is 19.0. The SMILES string of the molecule is Cl.O=C(c1ccc2c(c1)S(=O)(=O)N(CC1CCCO1)C2=O)N1CCCNCC1. The summed E-state index contributed by atoms with van der Waals surface area (Å²) in [7, 11) is -3.96. The Balaban J connectivity index is 0.00000225. The molecule has 1 unspecified atom stereocenters. The summed E-state index contributed by atoms with van der Waals surface area (Å²) >= 11 is 0. The molecular formula is C18H24ClN3O5S. The molecule has 1 N–H and O–H groups in total. The highest BCUT2D eigenvalue weighted by Crippen LogP contribution is 2.32. The fourth-order valence-corrected chi connectivity index (χ4v) is 5.42. The number of fused-ring (bicyclic) bond motifs is 1. The summed E-state index contributed by atoms with van der Waals surface area (Å²) in [5.41, 5.74) is 0.424. The van der Waals surface area contributed by atoms with Crippen LogP contribution in [0.25, 0.3) is 0 Å². The lowest BCUT2D eigenvalue weighted by molar-refractivity contribution is 0.0707. The number of amides is 2. The van der Waals surface area contributed by atoms with Crippen LogP contribution >= 0.6 is 12.4 Å². The summed E-state index contributed by atoms with van der Waals surface area (Å²) in [4.78, 5) is 27.0. The lowest BCUT2D eigenvalue weighted by atomic mass is 10.1. The van der Waals surface area contributed by atoms with Crippen LogP contribution in [-0.4, -0.2) is 74.9 Å². The Hall–Kier alpha value is -1.68. The van der Waals surface area contributed by atoms with Crippen LogP contribution in [0.4, 0.5) is 0 Å². The van der Waals surface area contributed by atoms with E-state index in [0.29, 0.717) is 31.8 Å². The molecule has 4 rings (SSSR count). The zero-order valence-corrected chi connectivity index (χ0v) is 17.1. The molecule has 0 saturated carbocycles. The smallest absolute Gasteiger partial charge is 0.269 e. The van der Waals surface area contributed by atoms with Gasteiger partial charge in [-0.2, -0.15) is 0 Å². The lowest BCUT2D eigenvalue weighted by Gasteiger charge is -2.20. The molecule has 3 aliphatic rings. The van der Waals surface area contributed by atoms with E-state index in [9.17, 15) is 18.0 Å². The Morgan fingerprint density at radius 2 is 2.04 bits per heavy atom. The van der Waals surface area contributed by atoms with E-state index in [1.54, 1.807) is 11.0 Å². The second-order valence-electron chi connectivity index (χ2n) is 7.08. The second-order valence-corrected chi connectivity index (χ2v) is 8.91. The molecule has 28 heavy (non-hydrogen) atoms. The van der Waals surface area contributed by atoms with Crippen LogP contribution in [0.5, 0.6) is 0 Å². The maximum atomic E-state index is 12.9. The zero-order valence-electron chi connectivity index (χ0n) is 15.4. The molecule has 10 heteroatoms. The Labute approximate surface area is 170 Å². The standard InChI is InChI=1S/C18H23N3O5S.ClH/c22-17(20-8-2-6-19-7-9-20)13-4-5-15-16(11-13)27(24,25)21(18(15)23)12-14-3-1-10-26-14;/h4-5,11,14,19H,1-3,6-10,12H2;1H. The van der Waals surface area contributed by atoms with Crippen LogP contribution < -0.4 is 5.32 Å². The van der Waals surface area contributed by atoms with E-state index in [4.69, 9.17) is 4.74 Å². The minimum atomic E-state index is -3.96. The van der Waals surface area contributed by atoms with Crippen molar-refractivity contribution in [3.63, 3.8) is 0 Å². The summed E-state index contributed by atoms with van der Waals surface area (Å²) in [5, 5.41) is 3.23. The first kappa shape index (κ1) is 21.0. The summed E-state index contributed by atoms with van der Waals surface area (Å²) < 4.78 is 32.2. The van der Waals surface area contributed by atoms with Crippen molar-refractivity contribution < 1.29 is 22.7 Å². The van der Waals surface area contributed by atoms with Crippen molar-refractivity contribution in [1.29, 1.82) is 0 Å². The summed E-state index contributed by atoms with van der Waals surface area (Å²) in [6, 6.07) is 4.34. The average molecular weight is 430 g/mol. The second kappa shape index (κ2) is 8.36. The van der Waals surface area contributed by atoms with Gasteiger partial charge in [0.25, 0.3) is 21.8 Å². The van der Waals surface area contributed by atoms with Gasteiger partial charge in [-0.25, -0.2) is 12.7 Å². The Bertz CT molecular complexity index is 862. The van der Waals surface area contributed by atoms with Gasteiger partial charge in [-0.05, 0) is 44.0 Å². The highest BCUT2D eigenvalue weighted by atomic mass is 35.5. The number of hydrogen-bond donors (Lipinski definition) is 1. The molecule has 0 radical (unpaired) electrons. The quantitative estimate of drug-likeness (QED) is 0.765. The van der Waals surface area contributed by atoms with Gasteiger partial charge in [0.1, 0.15) is 4.90 Å². The number of benzene rings is 1. The molecule has 0 spiro atoms. The third-order valence-corrected chi connectivity index (χ3v) is 7.06. The number of sulfonamides is 1. The molecular weight excluding hydrogens is 406 g/mol. The van der Waals surface area contributed by atoms with Crippen LogP contribution in [0.2, 0.25) is 0 Å². The first-order valence-electron chi connectivity index (χ1n) is 9.31. The molecule has 0 aliphatic carbocycles. The third-order valence-electron chi connectivity index (χ3n) is 5.27. The first-order valence-corrected chi connectivity index (χ1v) is 10.8. The maximum Gasteiger partial charge on any atom is 0.269 e. The van der Waals surface area contributed by atoms with Crippen molar-refractivity contribution in [1.82, 2.24) is 14.5 Å². The number of nitrogens with zero attached hydrogens (tertiary/aromatic N) is 2. The normalized spacial score (nSPS) is 23.9. The molecule has 3 aliphatic heterocycles. The van der Waals surface area contributed by atoms with Crippen LogP contribution in [0.15, 0.2) is 23.1 Å². The summed E-state index contributed by atoms with van der Waals surface area (Å²) in [6.07, 6.45) is 2.19. The number of carbonyl (C=O) groups is 2. The van der Waals surface area contributed by atoms with Gasteiger partial charge in [0.15, 0.2) is 0 Å². The number of carbonyl (C=O) groups excluding carboxylic acids is 2. The molecule has 1 aromatic rings. The lowest BCUT2D eigenvalue weighted by Crippen LogP contribution is -2.36. The maximum absolute atomic E-state index is 12.9. The van der Waals surface area contributed by atoms with E-state index in [-0.39, 0.29) is 41.4 Å². The molecule has 154 valence electrons. The summed E-state index contributed by atoms with van der Waals surface area (Å²) in [5.74, 6) is -0.750. The van der Waals surface area contributed by atoms with Crippen molar-refractivity contribution in [2.24, 2.45) is 0 Å². The molecule has 1 atom stereocenters. The Morgan fingerprint density at radius 1 is 1.21 bits per heavy atom. The number of hydrogen-bond acceptors (Lipinski definition) is 6. The number of halogens is 1. The average Bonchev–Trinajstić information content (AvgIpc) is 3.11. The Morgan fingerprint density at radius 3 is 2.79 bits per heavy atom. The van der Waals surface area contributed by atoms with E-state index in [2.05, 4.69) is 5.32 Å². The molecule has 2 fully saturated rings. The predicted octanol–water partition coefficient (Wildman–Crippen LogP) is 0.867. The predicted molar refractivity (Wildman–Crippen MR) is 104 cm³/mol. The van der Waals surface area contributed by atoms with E-state index in [1.807, 2.05) is 0 Å². The molecule has 3 heterocycles. The fourth-order valence-electron chi connectivity index (χ4n) is 3.79. The highest BCUT2D eigenvalue weighted by molar-refractivity contribution is 7.90. The molecule has 2 saturated heterocycles. The van der Waals surface area contributed by atoms with Crippen LogP contribution in [-0.2, 0) is 14.8 Å². The largest absolute Gasteiger partial charge is 0.376 e. The monoisotopic (exact) mass is 429 g/mol. The van der Waals surface area contributed by atoms with Gasteiger partial charge < -0.3 is 15.0 Å². The first-order chi connectivity index (χ1) is 13.0. The van der Waals surface area contributed by atoms with Crippen LogP contribution in [0.1, 0.15) is 40.0 Å². The van der Waals surface area contributed by atoms with E-state index < -0.39 is 15.9 Å². The van der Waals surface area contributed by atoms with Gasteiger partial charge in [-0.3, -0.25) is 9.59 Å². The van der Waals surface area contributed by atoms with Crippen LogP contribution in [0, 0.1) is 0 Å². The number of nitrogens with one attached hydrogen (secondary N) is 1. The summed E-state index contributed by atoms with van der Waals surface area (Å²) in [6.45, 7) is 3.38. The van der Waals surface area contributed by atoms with E-state index in [0.717, 1.165) is 30.1 Å². The van der Waals surface area contributed by atoms with Gasteiger partial charge in [-0.15, -0.1) is 12.4 Å². The van der Waals surface area contributed by atoms with Gasteiger partial charge in [0, 0.05) is 31.8 Å². The van der Waals surface area contributed by atoms with Crippen molar-refractivity contribution in [3.05, 3.63) is 29.3 Å². The molecule has 0 bridgehead atoms. The third kappa shape index (κ3) is 3.76. The minimum Gasteiger partial charge on any atom is -0.376 e. The minimum absolute atomic E-state index is 0. The van der Waals surface area contributed by atoms with Crippen LogP contribution in [0.3, 0.4) is 0 Å². The molecule has 2 amide bonds. The highest BCUT2D eigenvalue weighted by Gasteiger charge is 2.43. The van der Waals surface area contributed by atoms with Gasteiger partial charge in [-0.1, -0.05) is 0 Å². The van der Waals surface area contributed by atoms with Crippen molar-refractivity contribution in [2.75, 3.05) is 39.3 Å².